The molecular formula is C18H22N2O. The lowest BCUT2D eigenvalue weighted by Crippen LogP contribution is -2.44. The van der Waals surface area contributed by atoms with E-state index in [1.54, 1.807) is 0 Å². The first-order valence-corrected chi connectivity index (χ1v) is 7.62. The van der Waals surface area contributed by atoms with Gasteiger partial charge < -0.3 is 4.74 Å². The molecule has 0 N–H and O–H groups in total. The summed E-state index contributed by atoms with van der Waals surface area (Å²) in [4.78, 5) is 6.63. The Morgan fingerprint density at radius 2 is 1.90 bits per heavy atom. The van der Waals surface area contributed by atoms with Gasteiger partial charge in [-0.3, -0.25) is 9.88 Å². The smallest absolute Gasteiger partial charge is 0.0675 e. The third kappa shape index (κ3) is 3.69. The summed E-state index contributed by atoms with van der Waals surface area (Å²) in [6, 6.07) is 15.2. The zero-order valence-corrected chi connectivity index (χ0v) is 12.5. The lowest BCUT2D eigenvalue weighted by Gasteiger charge is -2.39. The number of rotatable bonds is 4. The number of hydrogen-bond donors (Lipinski definition) is 0. The van der Waals surface area contributed by atoms with Crippen molar-refractivity contribution in [3.8, 4) is 0 Å². The molecule has 2 aromatic rings. The van der Waals surface area contributed by atoms with E-state index >= 15 is 0 Å². The van der Waals surface area contributed by atoms with Gasteiger partial charge in [-0.15, -0.1) is 0 Å². The van der Waals surface area contributed by atoms with Crippen molar-refractivity contribution in [1.29, 1.82) is 0 Å². The maximum Gasteiger partial charge on any atom is 0.0675 e. The lowest BCUT2D eigenvalue weighted by atomic mass is 10.0. The molecule has 3 rings (SSSR count). The summed E-state index contributed by atoms with van der Waals surface area (Å²) in [5.41, 5.74) is 2.69. The van der Waals surface area contributed by atoms with E-state index in [0.29, 0.717) is 12.1 Å². The molecule has 1 fully saturated rings. The average molecular weight is 282 g/mol. The first-order chi connectivity index (χ1) is 10.3. The van der Waals surface area contributed by atoms with Gasteiger partial charge in [-0.25, -0.2) is 0 Å². The fraction of sp³-hybridized carbons (Fsp3) is 0.389. The molecule has 1 aromatic heterocycles. The van der Waals surface area contributed by atoms with Crippen LogP contribution in [0.15, 0.2) is 54.9 Å². The summed E-state index contributed by atoms with van der Waals surface area (Å²) in [7, 11) is 0. The Bertz CT molecular complexity index is 544. The molecule has 0 unspecified atom stereocenters. The predicted molar refractivity (Wildman–Crippen MR) is 84.1 cm³/mol. The van der Waals surface area contributed by atoms with Crippen LogP contribution in [-0.2, 0) is 11.2 Å². The van der Waals surface area contributed by atoms with Crippen LogP contribution in [0, 0.1) is 0 Å². The van der Waals surface area contributed by atoms with Crippen LogP contribution < -0.4 is 0 Å². The lowest BCUT2D eigenvalue weighted by molar-refractivity contribution is -0.0557. The number of hydrogen-bond acceptors (Lipinski definition) is 3. The third-order valence-corrected chi connectivity index (χ3v) is 4.09. The second kappa shape index (κ2) is 6.83. The van der Waals surface area contributed by atoms with Crippen LogP contribution in [0.25, 0.3) is 0 Å². The molecule has 3 heteroatoms. The molecule has 0 amide bonds. The molecule has 1 aromatic carbocycles. The Kier molecular flexibility index (Phi) is 4.63. The number of morpholine rings is 1. The van der Waals surface area contributed by atoms with E-state index < -0.39 is 0 Å². The van der Waals surface area contributed by atoms with Crippen molar-refractivity contribution in [2.24, 2.45) is 0 Å². The maximum absolute atomic E-state index is 5.88. The molecule has 3 nitrogen and oxygen atoms in total. The number of benzene rings is 1. The standard InChI is InChI=1S/C18H22N2O/c1-15-13-20(12-9-16-7-10-19-11-8-16)18(14-21-15)17-5-3-2-4-6-17/h2-8,10-11,15,18H,9,12-14H2,1H3/t15-,18+/m0/s1. The number of aromatic nitrogens is 1. The molecule has 0 aliphatic carbocycles. The Morgan fingerprint density at radius 3 is 2.67 bits per heavy atom. The predicted octanol–water partition coefficient (Wildman–Crippen LogP) is 3.09. The normalized spacial score (nSPS) is 23.1. The van der Waals surface area contributed by atoms with Gasteiger partial charge in [0.15, 0.2) is 0 Å². The van der Waals surface area contributed by atoms with Crippen LogP contribution in [0.1, 0.15) is 24.1 Å². The Morgan fingerprint density at radius 1 is 1.14 bits per heavy atom. The molecule has 2 heterocycles. The van der Waals surface area contributed by atoms with E-state index in [1.807, 2.05) is 12.4 Å². The SMILES string of the molecule is C[C@H]1CN(CCc2ccncc2)[C@@H](c2ccccc2)CO1. The van der Waals surface area contributed by atoms with Crippen molar-refractivity contribution in [2.75, 3.05) is 19.7 Å². The Balaban J connectivity index is 1.70. The van der Waals surface area contributed by atoms with Crippen molar-refractivity contribution >= 4 is 0 Å². The summed E-state index contributed by atoms with van der Waals surface area (Å²) in [6.45, 7) is 4.98. The van der Waals surface area contributed by atoms with Crippen molar-refractivity contribution in [3.63, 3.8) is 0 Å². The summed E-state index contributed by atoms with van der Waals surface area (Å²) in [5, 5.41) is 0. The van der Waals surface area contributed by atoms with Crippen molar-refractivity contribution < 1.29 is 4.74 Å². The summed E-state index contributed by atoms with van der Waals surface area (Å²) in [5.74, 6) is 0. The van der Waals surface area contributed by atoms with Gasteiger partial charge in [0.25, 0.3) is 0 Å². The molecule has 21 heavy (non-hydrogen) atoms. The van der Waals surface area contributed by atoms with Gasteiger partial charge in [0.05, 0.1) is 18.8 Å². The summed E-state index contributed by atoms with van der Waals surface area (Å²) >= 11 is 0. The molecule has 0 saturated carbocycles. The van der Waals surface area contributed by atoms with E-state index in [0.717, 1.165) is 26.1 Å². The summed E-state index contributed by atoms with van der Waals surface area (Å²) in [6.07, 6.45) is 5.10. The molecule has 110 valence electrons. The van der Waals surface area contributed by atoms with Gasteiger partial charge in [-0.1, -0.05) is 30.3 Å². The molecule has 1 saturated heterocycles. The Hall–Kier alpha value is -1.71. The van der Waals surface area contributed by atoms with Gasteiger partial charge in [-0.2, -0.15) is 0 Å². The van der Waals surface area contributed by atoms with Gasteiger partial charge in [0.2, 0.25) is 0 Å². The highest BCUT2D eigenvalue weighted by Crippen LogP contribution is 2.26. The zero-order valence-electron chi connectivity index (χ0n) is 12.5. The second-order valence-electron chi connectivity index (χ2n) is 5.67. The van der Waals surface area contributed by atoms with E-state index in [9.17, 15) is 0 Å². The van der Waals surface area contributed by atoms with Crippen molar-refractivity contribution in [3.05, 3.63) is 66.0 Å². The molecule has 2 atom stereocenters. The topological polar surface area (TPSA) is 25.4 Å². The van der Waals surface area contributed by atoms with Crippen LogP contribution in [-0.4, -0.2) is 35.7 Å². The first kappa shape index (κ1) is 14.2. The monoisotopic (exact) mass is 282 g/mol. The molecule has 0 radical (unpaired) electrons. The van der Waals surface area contributed by atoms with E-state index in [2.05, 4.69) is 59.3 Å². The van der Waals surface area contributed by atoms with Gasteiger partial charge in [-0.05, 0) is 36.6 Å². The Labute approximate surface area is 126 Å². The number of ether oxygens (including phenoxy) is 1. The third-order valence-electron chi connectivity index (χ3n) is 4.09. The number of pyridine rings is 1. The zero-order chi connectivity index (χ0) is 14.5. The molecule has 1 aliphatic heterocycles. The van der Waals surface area contributed by atoms with Gasteiger partial charge in [0.1, 0.15) is 0 Å². The van der Waals surface area contributed by atoms with E-state index in [4.69, 9.17) is 4.74 Å². The fourth-order valence-corrected chi connectivity index (χ4v) is 2.92. The minimum atomic E-state index is 0.308. The molecule has 0 spiro atoms. The largest absolute Gasteiger partial charge is 0.375 e. The first-order valence-electron chi connectivity index (χ1n) is 7.62. The highest BCUT2D eigenvalue weighted by molar-refractivity contribution is 5.20. The molecule has 1 aliphatic rings. The average Bonchev–Trinajstić information content (AvgIpc) is 2.55. The number of nitrogens with zero attached hydrogens (tertiary/aromatic N) is 2. The minimum absolute atomic E-state index is 0.308. The quantitative estimate of drug-likeness (QED) is 0.861. The van der Waals surface area contributed by atoms with Crippen LogP contribution >= 0.6 is 0 Å². The van der Waals surface area contributed by atoms with Crippen LogP contribution in [0.2, 0.25) is 0 Å². The van der Waals surface area contributed by atoms with Gasteiger partial charge in [0, 0.05) is 25.5 Å². The highest BCUT2D eigenvalue weighted by Gasteiger charge is 2.27. The molecule has 0 bridgehead atoms. The summed E-state index contributed by atoms with van der Waals surface area (Å²) < 4.78 is 5.88. The van der Waals surface area contributed by atoms with Gasteiger partial charge >= 0.3 is 0 Å². The van der Waals surface area contributed by atoms with Crippen LogP contribution in [0.4, 0.5) is 0 Å². The maximum atomic E-state index is 5.88. The van der Waals surface area contributed by atoms with Crippen molar-refractivity contribution in [1.82, 2.24) is 9.88 Å². The minimum Gasteiger partial charge on any atom is -0.375 e. The van der Waals surface area contributed by atoms with Crippen LogP contribution in [0.3, 0.4) is 0 Å². The van der Waals surface area contributed by atoms with Crippen LogP contribution in [0.5, 0.6) is 0 Å². The van der Waals surface area contributed by atoms with E-state index in [1.165, 1.54) is 11.1 Å². The highest BCUT2D eigenvalue weighted by atomic mass is 16.5. The fourth-order valence-electron chi connectivity index (χ4n) is 2.92. The molecular weight excluding hydrogens is 260 g/mol. The van der Waals surface area contributed by atoms with E-state index in [-0.39, 0.29) is 0 Å². The second-order valence-corrected chi connectivity index (χ2v) is 5.67. The van der Waals surface area contributed by atoms with Crippen molar-refractivity contribution in [2.45, 2.75) is 25.5 Å².